The maximum Gasteiger partial charge on any atom is 0.235 e. The molecule has 0 saturated heterocycles. The van der Waals surface area contributed by atoms with E-state index in [1.165, 1.54) is 70.4 Å². The summed E-state index contributed by atoms with van der Waals surface area (Å²) in [5.41, 5.74) is 7.46. The molecular formula is C52H31N3. The zero-order valence-electron chi connectivity index (χ0n) is 29.7. The topological polar surface area (TPSA) is 30.7 Å². The van der Waals surface area contributed by atoms with Gasteiger partial charge in [0.15, 0.2) is 0 Å². The van der Waals surface area contributed by atoms with Gasteiger partial charge in [-0.2, -0.15) is 0 Å². The molecule has 10 aromatic carbocycles. The van der Waals surface area contributed by atoms with E-state index in [1.54, 1.807) is 0 Å². The zero-order valence-corrected chi connectivity index (χ0v) is 29.7. The van der Waals surface area contributed by atoms with E-state index in [0.717, 1.165) is 38.6 Å². The molecule has 12 rings (SSSR count). The molecule has 2 heterocycles. The Morgan fingerprint density at radius 3 is 1.58 bits per heavy atom. The molecular weight excluding hydrogens is 667 g/mol. The van der Waals surface area contributed by atoms with Crippen molar-refractivity contribution < 1.29 is 0 Å². The molecule has 0 aliphatic rings. The van der Waals surface area contributed by atoms with Crippen LogP contribution in [0.4, 0.5) is 0 Å². The summed E-state index contributed by atoms with van der Waals surface area (Å²) in [7, 11) is 0. The van der Waals surface area contributed by atoms with Crippen molar-refractivity contribution in [3.05, 3.63) is 188 Å². The monoisotopic (exact) mass is 697 g/mol. The number of hydrogen-bond donors (Lipinski definition) is 0. The molecule has 0 fully saturated rings. The van der Waals surface area contributed by atoms with Gasteiger partial charge in [-0.3, -0.25) is 4.57 Å². The fraction of sp³-hybridized carbons (Fsp3) is 0. The lowest BCUT2D eigenvalue weighted by Crippen LogP contribution is -2.04. The fourth-order valence-electron chi connectivity index (χ4n) is 9.12. The number of rotatable bonds is 3. The average Bonchev–Trinajstić information content (AvgIpc) is 3.61. The van der Waals surface area contributed by atoms with Crippen LogP contribution < -0.4 is 0 Å². The molecule has 0 atom stereocenters. The first kappa shape index (κ1) is 30.1. The molecule has 0 N–H and O–H groups in total. The van der Waals surface area contributed by atoms with E-state index >= 15 is 0 Å². The van der Waals surface area contributed by atoms with E-state index < -0.39 is 0 Å². The van der Waals surface area contributed by atoms with Crippen LogP contribution >= 0.6 is 0 Å². The van der Waals surface area contributed by atoms with E-state index in [-0.39, 0.29) is 0 Å². The molecule has 0 amide bonds. The normalized spacial score (nSPS) is 12.0. The highest BCUT2D eigenvalue weighted by molar-refractivity contribution is 6.36. The van der Waals surface area contributed by atoms with Crippen molar-refractivity contribution in [2.75, 3.05) is 0 Å². The molecule has 0 aliphatic heterocycles. The predicted octanol–water partition coefficient (Wildman–Crippen LogP) is 13.8. The van der Waals surface area contributed by atoms with Gasteiger partial charge in [0.25, 0.3) is 0 Å². The molecule has 55 heavy (non-hydrogen) atoms. The lowest BCUT2D eigenvalue weighted by atomic mass is 9.91. The zero-order chi connectivity index (χ0) is 36.0. The van der Waals surface area contributed by atoms with Gasteiger partial charge < -0.3 is 0 Å². The van der Waals surface area contributed by atoms with Gasteiger partial charge in [-0.05, 0) is 66.3 Å². The van der Waals surface area contributed by atoms with Crippen LogP contribution in [0.25, 0.3) is 115 Å². The number of nitrogens with zero attached hydrogens (tertiary/aromatic N) is 3. The summed E-state index contributed by atoms with van der Waals surface area (Å²) in [6, 6.07) is 67.8. The molecule has 12 aromatic rings. The average molecular weight is 698 g/mol. The van der Waals surface area contributed by atoms with Crippen molar-refractivity contribution in [2.45, 2.75) is 0 Å². The summed E-state index contributed by atoms with van der Waals surface area (Å²) >= 11 is 0. The maximum absolute atomic E-state index is 5.62. The SMILES string of the molecule is c1ccc(-c2ccc(-c3nc(-n4c5ccc6c7ccccc7c7ccccc7c6c5c5ccc6ccccc6c54)nc4ccc5ccccc5c34)cc2)cc1. The molecule has 3 heteroatoms. The Kier molecular flexibility index (Phi) is 6.34. The van der Waals surface area contributed by atoms with Gasteiger partial charge in [-0.25, -0.2) is 9.97 Å². The van der Waals surface area contributed by atoms with Crippen molar-refractivity contribution in [1.29, 1.82) is 0 Å². The summed E-state index contributed by atoms with van der Waals surface area (Å²) in [4.78, 5) is 11.1. The highest BCUT2D eigenvalue weighted by atomic mass is 15.2. The van der Waals surface area contributed by atoms with E-state index in [0.29, 0.717) is 5.95 Å². The summed E-state index contributed by atoms with van der Waals surface area (Å²) in [6.07, 6.45) is 0. The van der Waals surface area contributed by atoms with Crippen molar-refractivity contribution in [3.8, 4) is 28.3 Å². The third-order valence-corrected chi connectivity index (χ3v) is 11.6. The van der Waals surface area contributed by atoms with Crippen LogP contribution in [0, 0.1) is 0 Å². The first-order chi connectivity index (χ1) is 27.3. The Labute approximate surface area is 316 Å². The Balaban J connectivity index is 1.24. The molecule has 0 spiro atoms. The summed E-state index contributed by atoms with van der Waals surface area (Å²) in [6.45, 7) is 0. The van der Waals surface area contributed by atoms with Crippen LogP contribution in [-0.4, -0.2) is 14.5 Å². The second-order valence-electron chi connectivity index (χ2n) is 14.5. The first-order valence-corrected chi connectivity index (χ1v) is 18.8. The molecule has 0 unspecified atom stereocenters. The molecule has 0 aliphatic carbocycles. The Morgan fingerprint density at radius 1 is 0.309 bits per heavy atom. The largest absolute Gasteiger partial charge is 0.277 e. The lowest BCUT2D eigenvalue weighted by Gasteiger charge is -2.15. The van der Waals surface area contributed by atoms with Gasteiger partial charge in [-0.15, -0.1) is 0 Å². The van der Waals surface area contributed by atoms with Gasteiger partial charge in [0, 0.05) is 32.5 Å². The highest BCUT2D eigenvalue weighted by Crippen LogP contribution is 2.45. The van der Waals surface area contributed by atoms with Crippen LogP contribution in [0.2, 0.25) is 0 Å². The second kappa shape index (κ2) is 11.6. The van der Waals surface area contributed by atoms with Gasteiger partial charge in [0.1, 0.15) is 0 Å². The minimum atomic E-state index is 0.658. The lowest BCUT2D eigenvalue weighted by molar-refractivity contribution is 1.02. The van der Waals surface area contributed by atoms with Crippen LogP contribution in [0.5, 0.6) is 0 Å². The Morgan fingerprint density at radius 2 is 0.836 bits per heavy atom. The molecule has 0 bridgehead atoms. The van der Waals surface area contributed by atoms with E-state index in [1.807, 2.05) is 0 Å². The number of aromatic nitrogens is 3. The number of benzene rings is 10. The summed E-state index contributed by atoms with van der Waals surface area (Å²) in [5.74, 6) is 0.658. The third-order valence-electron chi connectivity index (χ3n) is 11.6. The van der Waals surface area contributed by atoms with Crippen molar-refractivity contribution >= 4 is 86.6 Å². The minimum absolute atomic E-state index is 0.658. The van der Waals surface area contributed by atoms with E-state index in [9.17, 15) is 0 Å². The summed E-state index contributed by atoms with van der Waals surface area (Å²) < 4.78 is 2.33. The second-order valence-corrected chi connectivity index (χ2v) is 14.5. The molecule has 254 valence electrons. The van der Waals surface area contributed by atoms with E-state index in [4.69, 9.17) is 9.97 Å². The van der Waals surface area contributed by atoms with Gasteiger partial charge >= 0.3 is 0 Å². The van der Waals surface area contributed by atoms with Crippen molar-refractivity contribution in [1.82, 2.24) is 14.5 Å². The van der Waals surface area contributed by atoms with Gasteiger partial charge in [0.2, 0.25) is 5.95 Å². The molecule has 2 aromatic heterocycles. The Bertz CT molecular complexity index is 3490. The fourth-order valence-corrected chi connectivity index (χ4v) is 9.12. The smallest absolute Gasteiger partial charge is 0.235 e. The molecule has 0 saturated carbocycles. The highest BCUT2D eigenvalue weighted by Gasteiger charge is 2.23. The standard InChI is InChI=1S/C52H31N3/c1-2-12-32(13-3-1)33-22-24-36(25-23-33)50-48-37-16-6-4-14-34(37)27-30-45(48)53-52(54-50)55-46-31-29-43-41-20-9-8-18-39(41)40-19-10-11-21-42(40)47(43)49(46)44-28-26-35-15-5-7-17-38(35)51(44)55/h1-31H. The van der Waals surface area contributed by atoms with Crippen LogP contribution in [0.3, 0.4) is 0 Å². The van der Waals surface area contributed by atoms with Gasteiger partial charge in [-0.1, -0.05) is 176 Å². The van der Waals surface area contributed by atoms with E-state index in [2.05, 4.69) is 193 Å². The maximum atomic E-state index is 5.62. The number of hydrogen-bond acceptors (Lipinski definition) is 2. The quantitative estimate of drug-likeness (QED) is 0.172. The van der Waals surface area contributed by atoms with Crippen LogP contribution in [0.1, 0.15) is 0 Å². The van der Waals surface area contributed by atoms with Crippen LogP contribution in [-0.2, 0) is 0 Å². The predicted molar refractivity (Wildman–Crippen MR) is 232 cm³/mol. The van der Waals surface area contributed by atoms with Crippen LogP contribution in [0.15, 0.2) is 188 Å². The number of fused-ring (bicyclic) bond motifs is 15. The Hall–Kier alpha value is -7.36. The summed E-state index contributed by atoms with van der Waals surface area (Å²) in [5, 5.41) is 15.7. The minimum Gasteiger partial charge on any atom is -0.277 e. The van der Waals surface area contributed by atoms with Gasteiger partial charge in [0.05, 0.1) is 22.2 Å². The molecule has 3 nitrogen and oxygen atoms in total. The van der Waals surface area contributed by atoms with Crippen molar-refractivity contribution in [2.24, 2.45) is 0 Å². The molecule has 0 radical (unpaired) electrons. The van der Waals surface area contributed by atoms with Crippen molar-refractivity contribution in [3.63, 3.8) is 0 Å². The first-order valence-electron chi connectivity index (χ1n) is 18.8. The third kappa shape index (κ3) is 4.38.